The molecule has 1 heterocycles. The predicted molar refractivity (Wildman–Crippen MR) is 110 cm³/mol. The molecule has 8 heteroatoms. The van der Waals surface area contributed by atoms with Crippen LogP contribution in [0, 0.1) is 13.8 Å². The molecule has 0 unspecified atom stereocenters. The number of imidazole rings is 1. The van der Waals surface area contributed by atoms with Gasteiger partial charge in [-0.2, -0.15) is 3.97 Å². The van der Waals surface area contributed by atoms with Crippen LogP contribution in [-0.4, -0.2) is 29.4 Å². The Kier molecular flexibility index (Phi) is 6.03. The number of rotatable bonds is 7. The first-order chi connectivity index (χ1) is 13.8. The summed E-state index contributed by atoms with van der Waals surface area (Å²) < 4.78 is 27.3. The normalized spacial score (nSPS) is 11.4. The van der Waals surface area contributed by atoms with Crippen molar-refractivity contribution >= 4 is 15.9 Å². The number of benzene rings is 2. The zero-order valence-corrected chi connectivity index (χ0v) is 17.1. The van der Waals surface area contributed by atoms with Gasteiger partial charge in [0.25, 0.3) is 10.0 Å². The fourth-order valence-electron chi connectivity index (χ4n) is 2.89. The van der Waals surface area contributed by atoms with E-state index in [0.29, 0.717) is 16.9 Å². The highest BCUT2D eigenvalue weighted by atomic mass is 32.2. The van der Waals surface area contributed by atoms with Crippen LogP contribution in [0.5, 0.6) is 0 Å². The molecule has 3 aromatic rings. The summed E-state index contributed by atoms with van der Waals surface area (Å²) in [6.45, 7) is 3.87. The summed E-state index contributed by atoms with van der Waals surface area (Å²) in [5.41, 5.74) is 2.09. The summed E-state index contributed by atoms with van der Waals surface area (Å²) in [6, 6.07) is 14.4. The third-order valence-electron chi connectivity index (χ3n) is 4.74. The minimum Gasteiger partial charge on any atom is -0.354 e. The van der Waals surface area contributed by atoms with E-state index < -0.39 is 15.7 Å². The molecule has 0 bridgehead atoms. The van der Waals surface area contributed by atoms with Crippen molar-refractivity contribution in [1.82, 2.24) is 13.9 Å². The van der Waals surface area contributed by atoms with Gasteiger partial charge in [0, 0.05) is 18.9 Å². The van der Waals surface area contributed by atoms with Gasteiger partial charge in [-0.3, -0.25) is 9.36 Å². The minimum atomic E-state index is -4.03. The largest absolute Gasteiger partial charge is 0.354 e. The SMILES string of the molecule is Cc1ccc(S(=O)(=O)n2ccn(CC(=O)NCCc3ccccc3)c2=O)cc1C. The maximum atomic E-state index is 12.8. The number of hydrogen-bond acceptors (Lipinski definition) is 4. The Balaban J connectivity index is 1.69. The molecule has 3 rings (SSSR count). The monoisotopic (exact) mass is 413 g/mol. The van der Waals surface area contributed by atoms with Gasteiger partial charge in [0.1, 0.15) is 6.54 Å². The van der Waals surface area contributed by atoms with Crippen molar-refractivity contribution in [1.29, 1.82) is 0 Å². The Hall–Kier alpha value is -3.13. The lowest BCUT2D eigenvalue weighted by Gasteiger charge is -2.08. The Morgan fingerprint density at radius 2 is 1.72 bits per heavy atom. The highest BCUT2D eigenvalue weighted by Gasteiger charge is 2.21. The summed E-state index contributed by atoms with van der Waals surface area (Å²) >= 11 is 0. The van der Waals surface area contributed by atoms with Crippen LogP contribution in [-0.2, 0) is 27.8 Å². The first-order valence-electron chi connectivity index (χ1n) is 9.20. The van der Waals surface area contributed by atoms with Gasteiger partial charge in [-0.05, 0) is 49.1 Å². The number of hydrogen-bond donors (Lipinski definition) is 1. The van der Waals surface area contributed by atoms with Gasteiger partial charge in [-0.1, -0.05) is 36.4 Å². The zero-order valence-electron chi connectivity index (χ0n) is 16.3. The lowest BCUT2D eigenvalue weighted by atomic mass is 10.1. The molecule has 0 spiro atoms. The maximum Gasteiger partial charge on any atom is 0.342 e. The van der Waals surface area contributed by atoms with Crippen molar-refractivity contribution in [3.8, 4) is 0 Å². The van der Waals surface area contributed by atoms with E-state index in [2.05, 4.69) is 5.32 Å². The van der Waals surface area contributed by atoms with Crippen molar-refractivity contribution in [2.24, 2.45) is 0 Å². The van der Waals surface area contributed by atoms with Crippen molar-refractivity contribution in [3.05, 3.63) is 88.1 Å². The predicted octanol–water partition coefficient (Wildman–Crippen LogP) is 1.86. The van der Waals surface area contributed by atoms with Crippen LogP contribution in [0.2, 0.25) is 0 Å². The molecule has 1 aromatic heterocycles. The van der Waals surface area contributed by atoms with E-state index in [1.165, 1.54) is 24.5 Å². The lowest BCUT2D eigenvalue weighted by molar-refractivity contribution is -0.121. The zero-order chi connectivity index (χ0) is 21.0. The van der Waals surface area contributed by atoms with Gasteiger partial charge in [0.15, 0.2) is 0 Å². The van der Waals surface area contributed by atoms with Crippen molar-refractivity contribution in [2.45, 2.75) is 31.7 Å². The quantitative estimate of drug-likeness (QED) is 0.640. The van der Waals surface area contributed by atoms with Gasteiger partial charge in [0.05, 0.1) is 4.90 Å². The smallest absolute Gasteiger partial charge is 0.342 e. The summed E-state index contributed by atoms with van der Waals surface area (Å²) in [5.74, 6) is -0.357. The van der Waals surface area contributed by atoms with Crippen LogP contribution in [0.1, 0.15) is 16.7 Å². The van der Waals surface area contributed by atoms with Gasteiger partial charge < -0.3 is 5.32 Å². The van der Waals surface area contributed by atoms with Crippen LogP contribution in [0.15, 0.2) is 70.6 Å². The van der Waals surface area contributed by atoms with E-state index in [1.807, 2.05) is 44.2 Å². The molecular weight excluding hydrogens is 390 g/mol. The third-order valence-corrected chi connectivity index (χ3v) is 6.39. The van der Waals surface area contributed by atoms with E-state index in [4.69, 9.17) is 0 Å². The molecule has 1 N–H and O–H groups in total. The Labute approximate surface area is 169 Å². The van der Waals surface area contributed by atoms with Crippen molar-refractivity contribution < 1.29 is 13.2 Å². The van der Waals surface area contributed by atoms with Crippen LogP contribution in [0.4, 0.5) is 0 Å². The molecule has 0 fully saturated rings. The molecule has 0 atom stereocenters. The fourth-order valence-corrected chi connectivity index (χ4v) is 4.21. The number of nitrogens with zero attached hydrogens (tertiary/aromatic N) is 2. The van der Waals surface area contributed by atoms with Crippen LogP contribution >= 0.6 is 0 Å². The molecule has 0 saturated heterocycles. The average molecular weight is 413 g/mol. The summed E-state index contributed by atoms with van der Waals surface area (Å²) in [4.78, 5) is 24.7. The van der Waals surface area contributed by atoms with E-state index in [0.717, 1.165) is 21.3 Å². The van der Waals surface area contributed by atoms with Crippen LogP contribution in [0.25, 0.3) is 0 Å². The minimum absolute atomic E-state index is 0.0350. The first kappa shape index (κ1) is 20.6. The van der Waals surface area contributed by atoms with Crippen molar-refractivity contribution in [3.63, 3.8) is 0 Å². The number of aromatic nitrogens is 2. The number of carbonyl (C=O) groups is 1. The Morgan fingerprint density at radius 3 is 2.41 bits per heavy atom. The molecule has 7 nitrogen and oxygen atoms in total. The van der Waals surface area contributed by atoms with E-state index >= 15 is 0 Å². The third kappa shape index (κ3) is 4.65. The molecule has 0 aliphatic carbocycles. The number of amides is 1. The molecule has 29 heavy (non-hydrogen) atoms. The number of aryl methyl sites for hydroxylation is 2. The number of carbonyl (C=O) groups excluding carboxylic acids is 1. The fraction of sp³-hybridized carbons (Fsp3) is 0.238. The molecule has 152 valence electrons. The van der Waals surface area contributed by atoms with Gasteiger partial charge in [-0.25, -0.2) is 13.2 Å². The average Bonchev–Trinajstić information content (AvgIpc) is 3.05. The molecule has 2 aromatic carbocycles. The van der Waals surface area contributed by atoms with Crippen LogP contribution in [0.3, 0.4) is 0 Å². The Bertz CT molecular complexity index is 1180. The van der Waals surface area contributed by atoms with Gasteiger partial charge in [-0.15, -0.1) is 0 Å². The van der Waals surface area contributed by atoms with E-state index in [9.17, 15) is 18.0 Å². The second-order valence-electron chi connectivity index (χ2n) is 6.84. The molecular formula is C21H23N3O4S. The van der Waals surface area contributed by atoms with E-state index in [1.54, 1.807) is 6.07 Å². The lowest BCUT2D eigenvalue weighted by Crippen LogP contribution is -2.35. The molecule has 0 radical (unpaired) electrons. The van der Waals surface area contributed by atoms with Gasteiger partial charge in [0.2, 0.25) is 5.91 Å². The summed E-state index contributed by atoms with van der Waals surface area (Å²) in [7, 11) is -4.03. The van der Waals surface area contributed by atoms with E-state index in [-0.39, 0.29) is 17.3 Å². The highest BCUT2D eigenvalue weighted by molar-refractivity contribution is 7.90. The van der Waals surface area contributed by atoms with Crippen LogP contribution < -0.4 is 11.0 Å². The molecule has 0 aliphatic rings. The standard InChI is InChI=1S/C21H23N3O4S/c1-16-8-9-19(14-17(16)2)29(27,28)24-13-12-23(21(24)26)15-20(25)22-11-10-18-6-4-3-5-7-18/h3-9,12-14H,10-11,15H2,1-2H3,(H,22,25). The van der Waals surface area contributed by atoms with Gasteiger partial charge >= 0.3 is 5.69 Å². The summed E-state index contributed by atoms with van der Waals surface area (Å²) in [6.07, 6.45) is 3.14. The first-order valence-corrected chi connectivity index (χ1v) is 10.6. The second kappa shape index (κ2) is 8.48. The summed E-state index contributed by atoms with van der Waals surface area (Å²) in [5, 5.41) is 2.74. The highest BCUT2D eigenvalue weighted by Crippen LogP contribution is 2.16. The Morgan fingerprint density at radius 1 is 1.00 bits per heavy atom. The second-order valence-corrected chi connectivity index (χ2v) is 8.66. The maximum absolute atomic E-state index is 12.8. The molecule has 0 aliphatic heterocycles. The molecule has 1 amide bonds. The molecule has 0 saturated carbocycles. The van der Waals surface area contributed by atoms with Crippen molar-refractivity contribution in [2.75, 3.05) is 6.54 Å². The number of nitrogens with one attached hydrogen (secondary N) is 1. The topological polar surface area (TPSA) is 90.2 Å².